The molecule has 30 heavy (non-hydrogen) atoms. The average molecular weight is 450 g/mol. The molecule has 1 aliphatic rings. The van der Waals surface area contributed by atoms with Crippen LogP contribution in [-0.2, 0) is 20.5 Å². The number of likely N-dealkylation sites (N-methyl/N-ethyl adjacent to an activating group) is 1. The number of nitrogens with two attached hydrogens (primary N) is 1. The summed E-state index contributed by atoms with van der Waals surface area (Å²) in [4.78, 5) is 20.9. The molecule has 1 unspecified atom stereocenters. The van der Waals surface area contributed by atoms with E-state index in [1.54, 1.807) is 0 Å². The van der Waals surface area contributed by atoms with Gasteiger partial charge in [-0.15, -0.1) is 0 Å². The quantitative estimate of drug-likeness (QED) is 0.328. The van der Waals surface area contributed by atoms with E-state index in [2.05, 4.69) is 14.2 Å². The number of amides is 1. The fraction of sp³-hybridized carbons (Fsp3) is 0.188. The van der Waals surface area contributed by atoms with Crippen molar-refractivity contribution in [2.24, 2.45) is 10.7 Å². The molecule has 3 rings (SSSR count). The Hall–Kier alpha value is -3.29. The summed E-state index contributed by atoms with van der Waals surface area (Å²) in [6, 6.07) is 4.18. The molecule has 0 bridgehead atoms. The third-order valence-corrected chi connectivity index (χ3v) is 5.20. The molecule has 0 aliphatic carbocycles. The summed E-state index contributed by atoms with van der Waals surface area (Å²) in [6.07, 6.45) is 0.816. The van der Waals surface area contributed by atoms with Gasteiger partial charge in [0.25, 0.3) is 5.91 Å². The molecule has 2 N–H and O–H groups in total. The van der Waals surface area contributed by atoms with Gasteiger partial charge in [-0.25, -0.2) is 14.4 Å². The SMILES string of the molecule is CN1C(=O)C(c2ccc(OS(=O)(=O)C(F)(F)F)cc2)(c2c(F)ccnc2F)N=C1N. The van der Waals surface area contributed by atoms with Crippen LogP contribution in [0.15, 0.2) is 41.5 Å². The van der Waals surface area contributed by atoms with Crippen molar-refractivity contribution in [2.75, 3.05) is 7.05 Å². The van der Waals surface area contributed by atoms with Crippen LogP contribution in [0.4, 0.5) is 22.0 Å². The van der Waals surface area contributed by atoms with E-state index in [9.17, 15) is 35.2 Å². The third kappa shape index (κ3) is 3.22. The highest BCUT2D eigenvalue weighted by atomic mass is 32.2. The van der Waals surface area contributed by atoms with Gasteiger partial charge < -0.3 is 9.92 Å². The first-order chi connectivity index (χ1) is 13.8. The summed E-state index contributed by atoms with van der Waals surface area (Å²) in [7, 11) is -4.75. The Balaban J connectivity index is 2.15. The van der Waals surface area contributed by atoms with Gasteiger partial charge in [0, 0.05) is 13.2 Å². The first kappa shape index (κ1) is 21.4. The second kappa shape index (κ2) is 6.90. The van der Waals surface area contributed by atoms with Crippen LogP contribution < -0.4 is 9.92 Å². The predicted octanol–water partition coefficient (Wildman–Crippen LogP) is 1.62. The minimum Gasteiger partial charge on any atom is -0.376 e. The second-order valence-corrected chi connectivity index (χ2v) is 7.55. The maximum atomic E-state index is 14.5. The molecule has 0 spiro atoms. The lowest BCUT2D eigenvalue weighted by molar-refractivity contribution is -0.129. The van der Waals surface area contributed by atoms with E-state index < -0.39 is 50.2 Å². The minimum absolute atomic E-state index is 0.220. The summed E-state index contributed by atoms with van der Waals surface area (Å²) in [5.41, 5.74) is -3.48. The van der Waals surface area contributed by atoms with Crippen molar-refractivity contribution < 1.29 is 39.3 Å². The van der Waals surface area contributed by atoms with Crippen molar-refractivity contribution in [1.29, 1.82) is 0 Å². The molecular formula is C16H11F5N4O4S. The predicted molar refractivity (Wildman–Crippen MR) is 91.4 cm³/mol. The number of carbonyl (C=O) groups is 1. The molecule has 1 aromatic carbocycles. The van der Waals surface area contributed by atoms with E-state index in [0.717, 1.165) is 41.4 Å². The van der Waals surface area contributed by atoms with E-state index >= 15 is 0 Å². The summed E-state index contributed by atoms with van der Waals surface area (Å²) >= 11 is 0. The first-order valence-corrected chi connectivity index (χ1v) is 9.27. The van der Waals surface area contributed by atoms with Crippen LogP contribution in [0.1, 0.15) is 11.1 Å². The van der Waals surface area contributed by atoms with Gasteiger partial charge in [-0.1, -0.05) is 12.1 Å². The molecule has 2 aromatic rings. The van der Waals surface area contributed by atoms with Crippen LogP contribution in [0.5, 0.6) is 5.75 Å². The zero-order valence-electron chi connectivity index (χ0n) is 14.8. The lowest BCUT2D eigenvalue weighted by Gasteiger charge is -2.26. The molecule has 2 heterocycles. The Kier molecular flexibility index (Phi) is 4.92. The Labute approximate surface area is 165 Å². The number of rotatable bonds is 4. The maximum absolute atomic E-state index is 14.5. The zero-order chi connectivity index (χ0) is 22.5. The highest BCUT2D eigenvalue weighted by molar-refractivity contribution is 7.88. The number of hydrogen-bond acceptors (Lipinski definition) is 7. The van der Waals surface area contributed by atoms with Gasteiger partial charge in [0.05, 0.1) is 5.56 Å². The number of guanidine groups is 1. The standard InChI is InChI=1S/C16H11F5N4O4S/c1-25-13(26)15(24-14(25)22,11-10(17)6-7-23-12(11)18)8-2-4-9(5-3-8)29-30(27,28)16(19,20)21/h2-7H,1H3,(H2,22,24). The van der Waals surface area contributed by atoms with Gasteiger partial charge in [-0.3, -0.25) is 9.69 Å². The van der Waals surface area contributed by atoms with Gasteiger partial charge in [0.2, 0.25) is 11.5 Å². The Morgan fingerprint density at radius 2 is 1.73 bits per heavy atom. The number of aromatic nitrogens is 1. The molecule has 1 aromatic heterocycles. The minimum atomic E-state index is -5.94. The molecule has 0 saturated heterocycles. The van der Waals surface area contributed by atoms with Gasteiger partial charge in [-0.2, -0.15) is 26.0 Å². The van der Waals surface area contributed by atoms with E-state index in [0.29, 0.717) is 0 Å². The van der Waals surface area contributed by atoms with E-state index in [4.69, 9.17) is 5.73 Å². The van der Waals surface area contributed by atoms with Crippen LogP contribution in [0, 0.1) is 11.8 Å². The molecule has 0 fully saturated rings. The van der Waals surface area contributed by atoms with Crippen molar-refractivity contribution in [2.45, 2.75) is 11.0 Å². The molecule has 14 heteroatoms. The molecule has 160 valence electrons. The number of nitrogens with zero attached hydrogens (tertiary/aromatic N) is 3. The van der Waals surface area contributed by atoms with Gasteiger partial charge in [0.1, 0.15) is 11.6 Å². The number of carbonyl (C=O) groups excluding carboxylic acids is 1. The number of benzene rings is 1. The summed E-state index contributed by atoms with van der Waals surface area (Å²) in [6.45, 7) is 0. The molecule has 8 nitrogen and oxygen atoms in total. The van der Waals surface area contributed by atoms with Crippen LogP contribution in [0.3, 0.4) is 0 Å². The summed E-state index contributed by atoms with van der Waals surface area (Å²) in [5, 5.41) is 0. The van der Waals surface area contributed by atoms with Crippen molar-refractivity contribution in [3.8, 4) is 5.75 Å². The van der Waals surface area contributed by atoms with Gasteiger partial charge in [0.15, 0.2) is 5.96 Å². The van der Waals surface area contributed by atoms with E-state index in [1.807, 2.05) is 0 Å². The topological polar surface area (TPSA) is 115 Å². The van der Waals surface area contributed by atoms with Crippen LogP contribution in [-0.4, -0.2) is 42.7 Å². The molecule has 1 atom stereocenters. The van der Waals surface area contributed by atoms with Crippen molar-refractivity contribution >= 4 is 22.0 Å². The third-order valence-electron chi connectivity index (χ3n) is 4.22. The van der Waals surface area contributed by atoms with E-state index in [1.165, 1.54) is 7.05 Å². The van der Waals surface area contributed by atoms with Crippen LogP contribution in [0.2, 0.25) is 0 Å². The lowest BCUT2D eigenvalue weighted by Crippen LogP contribution is -2.42. The largest absolute Gasteiger partial charge is 0.534 e. The second-order valence-electron chi connectivity index (χ2n) is 6.01. The number of hydrogen-bond donors (Lipinski definition) is 1. The highest BCUT2D eigenvalue weighted by Gasteiger charge is 2.53. The fourth-order valence-electron chi connectivity index (χ4n) is 2.80. The molecular weight excluding hydrogens is 439 g/mol. The lowest BCUT2D eigenvalue weighted by atomic mass is 9.83. The molecule has 0 radical (unpaired) electrons. The Bertz CT molecular complexity index is 1130. The average Bonchev–Trinajstić information content (AvgIpc) is 2.86. The van der Waals surface area contributed by atoms with Crippen molar-refractivity contribution in [3.63, 3.8) is 0 Å². The van der Waals surface area contributed by atoms with Gasteiger partial charge in [-0.05, 0) is 23.8 Å². The normalized spacial score (nSPS) is 19.7. The highest BCUT2D eigenvalue weighted by Crippen LogP contribution is 2.42. The van der Waals surface area contributed by atoms with Crippen molar-refractivity contribution in [1.82, 2.24) is 9.88 Å². The number of alkyl halides is 3. The van der Waals surface area contributed by atoms with Gasteiger partial charge >= 0.3 is 15.6 Å². The summed E-state index contributed by atoms with van der Waals surface area (Å²) in [5.74, 6) is -4.66. The molecule has 1 amide bonds. The fourth-order valence-corrected chi connectivity index (χ4v) is 3.26. The number of halogens is 5. The first-order valence-electron chi connectivity index (χ1n) is 7.86. The molecule has 0 saturated carbocycles. The Morgan fingerprint density at radius 3 is 2.20 bits per heavy atom. The smallest absolute Gasteiger partial charge is 0.376 e. The van der Waals surface area contributed by atoms with Crippen LogP contribution in [0.25, 0.3) is 0 Å². The Morgan fingerprint density at radius 1 is 1.13 bits per heavy atom. The van der Waals surface area contributed by atoms with E-state index in [-0.39, 0.29) is 11.5 Å². The zero-order valence-corrected chi connectivity index (χ0v) is 15.6. The van der Waals surface area contributed by atoms with Crippen LogP contribution >= 0.6 is 0 Å². The number of pyridine rings is 1. The maximum Gasteiger partial charge on any atom is 0.534 e. The molecule has 1 aliphatic heterocycles. The number of aliphatic imine (C=N–C) groups is 1. The van der Waals surface area contributed by atoms with Crippen molar-refractivity contribution in [3.05, 3.63) is 59.4 Å². The summed E-state index contributed by atoms with van der Waals surface area (Å²) < 4.78 is 92.5. The monoisotopic (exact) mass is 450 g/mol.